The molecule has 142 valence electrons. The Labute approximate surface area is 151 Å². The third kappa shape index (κ3) is 4.17. The van der Waals surface area contributed by atoms with Gasteiger partial charge in [0.1, 0.15) is 11.6 Å². The Balaban J connectivity index is 1.71. The third-order valence-corrected chi connectivity index (χ3v) is 3.59. The van der Waals surface area contributed by atoms with Crippen LogP contribution in [0.15, 0.2) is 11.0 Å². The Morgan fingerprint density at radius 1 is 0.778 bits per heavy atom. The number of hydrogen-bond donors (Lipinski definition) is 5. The van der Waals surface area contributed by atoms with Crippen LogP contribution in [0.5, 0.6) is 5.88 Å². The van der Waals surface area contributed by atoms with Crippen molar-refractivity contribution in [2.75, 3.05) is 22.9 Å². The molecule has 0 saturated carbocycles. The highest BCUT2D eigenvalue weighted by Crippen LogP contribution is 2.09. The standard InChI is InChI=1S/C13H18N12O2/c14-9-18-6(19-10(15)22-9)1-3-24-5-8(26)25(13(24)27)4-2-7-20-11(16)23-12(17)21-7/h5,26H,1-4H2,(H4,14,15,18,19,22)(H4,16,17,20,21,23). The Hall–Kier alpha value is -3.97. The normalized spacial score (nSPS) is 11.0. The first-order chi connectivity index (χ1) is 12.8. The van der Waals surface area contributed by atoms with Gasteiger partial charge in [-0.3, -0.25) is 9.13 Å². The lowest BCUT2D eigenvalue weighted by Gasteiger charge is -2.04. The SMILES string of the molecule is Nc1nc(N)nc(CCn2cc(O)n(CCc3nc(N)nc(N)n3)c2=O)n1. The number of rotatable bonds is 6. The fourth-order valence-electron chi connectivity index (χ4n) is 2.46. The number of nitrogens with two attached hydrogens (primary N) is 4. The molecule has 3 aromatic heterocycles. The van der Waals surface area contributed by atoms with E-state index in [1.54, 1.807) is 0 Å². The van der Waals surface area contributed by atoms with Gasteiger partial charge in [-0.15, -0.1) is 0 Å². The first-order valence-corrected chi connectivity index (χ1v) is 7.82. The lowest BCUT2D eigenvalue weighted by molar-refractivity contribution is 0.412. The predicted octanol–water partition coefficient (Wildman–Crippen LogP) is -2.46. The summed E-state index contributed by atoms with van der Waals surface area (Å²) >= 11 is 0. The molecule has 0 amide bonds. The summed E-state index contributed by atoms with van der Waals surface area (Å²) in [5.74, 6) is 0.433. The van der Waals surface area contributed by atoms with Crippen molar-refractivity contribution in [2.24, 2.45) is 0 Å². The van der Waals surface area contributed by atoms with Crippen LogP contribution in [-0.2, 0) is 25.9 Å². The van der Waals surface area contributed by atoms with E-state index in [4.69, 9.17) is 22.9 Å². The fraction of sp³-hybridized carbons (Fsp3) is 0.308. The van der Waals surface area contributed by atoms with Crippen LogP contribution in [0.4, 0.5) is 23.8 Å². The van der Waals surface area contributed by atoms with E-state index in [1.807, 2.05) is 0 Å². The number of aromatic hydroxyl groups is 1. The molecule has 0 aromatic carbocycles. The zero-order valence-electron chi connectivity index (χ0n) is 14.1. The van der Waals surface area contributed by atoms with Crippen LogP contribution in [0, 0.1) is 0 Å². The highest BCUT2D eigenvalue weighted by Gasteiger charge is 2.12. The maximum absolute atomic E-state index is 12.5. The summed E-state index contributed by atoms with van der Waals surface area (Å²) < 4.78 is 2.49. The monoisotopic (exact) mass is 374 g/mol. The summed E-state index contributed by atoms with van der Waals surface area (Å²) in [5, 5.41) is 10.0. The number of aryl methyl sites for hydroxylation is 3. The zero-order valence-corrected chi connectivity index (χ0v) is 14.1. The zero-order chi connectivity index (χ0) is 19.6. The van der Waals surface area contributed by atoms with Crippen molar-refractivity contribution in [3.8, 4) is 5.88 Å². The van der Waals surface area contributed by atoms with Gasteiger partial charge in [-0.05, 0) is 0 Å². The van der Waals surface area contributed by atoms with Gasteiger partial charge in [-0.2, -0.15) is 29.9 Å². The molecule has 3 aromatic rings. The summed E-state index contributed by atoms with van der Waals surface area (Å²) in [5.41, 5.74) is 21.6. The summed E-state index contributed by atoms with van der Waals surface area (Å²) in [7, 11) is 0. The second kappa shape index (κ2) is 7.11. The topological polar surface area (TPSA) is 229 Å². The van der Waals surface area contributed by atoms with Crippen molar-refractivity contribution in [1.29, 1.82) is 0 Å². The lowest BCUT2D eigenvalue weighted by Crippen LogP contribution is -2.26. The highest BCUT2D eigenvalue weighted by molar-refractivity contribution is 5.26. The number of nitrogen functional groups attached to an aromatic ring is 4. The molecule has 14 nitrogen and oxygen atoms in total. The smallest absolute Gasteiger partial charge is 0.331 e. The number of imidazole rings is 1. The molecule has 0 fully saturated rings. The van der Waals surface area contributed by atoms with Crippen molar-refractivity contribution in [3.05, 3.63) is 28.3 Å². The van der Waals surface area contributed by atoms with Crippen LogP contribution in [0.25, 0.3) is 0 Å². The number of nitrogens with zero attached hydrogens (tertiary/aromatic N) is 8. The Kier molecular flexibility index (Phi) is 4.69. The Morgan fingerprint density at radius 2 is 1.22 bits per heavy atom. The molecule has 0 saturated heterocycles. The van der Waals surface area contributed by atoms with Crippen molar-refractivity contribution in [2.45, 2.75) is 25.9 Å². The van der Waals surface area contributed by atoms with Crippen molar-refractivity contribution >= 4 is 23.8 Å². The third-order valence-electron chi connectivity index (χ3n) is 3.59. The average Bonchev–Trinajstić information content (AvgIpc) is 2.83. The second-order valence-corrected chi connectivity index (χ2v) is 5.55. The van der Waals surface area contributed by atoms with E-state index in [0.717, 1.165) is 0 Å². The molecule has 14 heteroatoms. The van der Waals surface area contributed by atoms with E-state index in [-0.39, 0.29) is 55.6 Å². The average molecular weight is 374 g/mol. The maximum atomic E-state index is 12.5. The van der Waals surface area contributed by atoms with E-state index in [9.17, 15) is 9.90 Å². The van der Waals surface area contributed by atoms with E-state index in [2.05, 4.69) is 29.9 Å². The van der Waals surface area contributed by atoms with Crippen LogP contribution in [0.1, 0.15) is 11.6 Å². The minimum Gasteiger partial charge on any atom is -0.493 e. The molecule has 3 heterocycles. The van der Waals surface area contributed by atoms with E-state index >= 15 is 0 Å². The molecule has 0 bridgehead atoms. The summed E-state index contributed by atoms with van der Waals surface area (Å²) in [6, 6.07) is 0. The van der Waals surface area contributed by atoms with Crippen molar-refractivity contribution in [3.63, 3.8) is 0 Å². The van der Waals surface area contributed by atoms with Crippen LogP contribution in [0.2, 0.25) is 0 Å². The van der Waals surface area contributed by atoms with Gasteiger partial charge >= 0.3 is 5.69 Å². The fourth-order valence-corrected chi connectivity index (χ4v) is 2.46. The van der Waals surface area contributed by atoms with Gasteiger partial charge in [-0.1, -0.05) is 0 Å². The summed E-state index contributed by atoms with van der Waals surface area (Å²) in [6.45, 7) is 0.347. The van der Waals surface area contributed by atoms with Gasteiger partial charge in [-0.25, -0.2) is 4.79 Å². The van der Waals surface area contributed by atoms with E-state index in [1.165, 1.54) is 15.3 Å². The minimum atomic E-state index is -0.419. The molecule has 0 spiro atoms. The van der Waals surface area contributed by atoms with Gasteiger partial charge in [0, 0.05) is 25.9 Å². The van der Waals surface area contributed by atoms with Crippen molar-refractivity contribution < 1.29 is 5.11 Å². The number of hydrogen-bond acceptors (Lipinski definition) is 12. The van der Waals surface area contributed by atoms with Crippen LogP contribution >= 0.6 is 0 Å². The lowest BCUT2D eigenvalue weighted by atomic mass is 10.4. The molecule has 9 N–H and O–H groups in total. The molecular weight excluding hydrogens is 356 g/mol. The van der Waals surface area contributed by atoms with Crippen LogP contribution in [-0.4, -0.2) is 44.1 Å². The second-order valence-electron chi connectivity index (χ2n) is 5.55. The van der Waals surface area contributed by atoms with Crippen LogP contribution < -0.4 is 28.6 Å². The van der Waals surface area contributed by atoms with E-state index in [0.29, 0.717) is 11.6 Å². The molecule has 0 aliphatic carbocycles. The first-order valence-electron chi connectivity index (χ1n) is 7.82. The Morgan fingerprint density at radius 3 is 1.70 bits per heavy atom. The minimum absolute atomic E-state index is 0.00108. The van der Waals surface area contributed by atoms with Gasteiger partial charge < -0.3 is 28.0 Å². The largest absolute Gasteiger partial charge is 0.493 e. The molecular formula is C13H18N12O2. The van der Waals surface area contributed by atoms with Gasteiger partial charge in [0.05, 0.1) is 6.20 Å². The summed E-state index contributed by atoms with van der Waals surface area (Å²) in [6.07, 6.45) is 1.82. The quantitative estimate of drug-likeness (QED) is 0.302. The molecule has 0 atom stereocenters. The molecule has 0 unspecified atom stereocenters. The number of anilines is 4. The van der Waals surface area contributed by atoms with Gasteiger partial charge in [0.2, 0.25) is 29.7 Å². The maximum Gasteiger partial charge on any atom is 0.331 e. The summed E-state index contributed by atoms with van der Waals surface area (Å²) in [4.78, 5) is 35.6. The van der Waals surface area contributed by atoms with Gasteiger partial charge in [0.25, 0.3) is 0 Å². The molecule has 0 aliphatic rings. The number of aromatic nitrogens is 8. The first kappa shape index (κ1) is 17.8. The van der Waals surface area contributed by atoms with Crippen LogP contribution in [0.3, 0.4) is 0 Å². The highest BCUT2D eigenvalue weighted by atomic mass is 16.3. The molecule has 27 heavy (non-hydrogen) atoms. The Bertz CT molecular complexity index is 986. The van der Waals surface area contributed by atoms with Gasteiger partial charge in [0.15, 0.2) is 0 Å². The molecule has 0 radical (unpaired) electrons. The molecule has 0 aliphatic heterocycles. The predicted molar refractivity (Wildman–Crippen MR) is 95.1 cm³/mol. The van der Waals surface area contributed by atoms with Crippen molar-refractivity contribution in [1.82, 2.24) is 39.0 Å². The molecule has 3 rings (SSSR count). The van der Waals surface area contributed by atoms with E-state index < -0.39 is 5.69 Å².